The van der Waals surface area contributed by atoms with Crippen molar-refractivity contribution in [2.24, 2.45) is 0 Å². The lowest BCUT2D eigenvalue weighted by molar-refractivity contribution is -0.137. The van der Waals surface area contributed by atoms with Crippen LogP contribution in [-0.4, -0.2) is 15.8 Å². The maximum Gasteiger partial charge on any atom is 0.416 e. The van der Waals surface area contributed by atoms with Gasteiger partial charge in [0.15, 0.2) is 11.6 Å². The third-order valence-corrected chi connectivity index (χ3v) is 6.69. The monoisotopic (exact) mass is 513 g/mol. The number of rotatable bonds is 7. The number of ketones is 1. The van der Waals surface area contributed by atoms with Gasteiger partial charge in [0.05, 0.1) is 11.3 Å². The summed E-state index contributed by atoms with van der Waals surface area (Å²) in [5.41, 5.74) is 5.55. The van der Waals surface area contributed by atoms with Gasteiger partial charge in [0, 0.05) is 28.8 Å². The molecule has 1 aliphatic rings. The van der Waals surface area contributed by atoms with Gasteiger partial charge in [-0.15, -0.1) is 0 Å². The Morgan fingerprint density at radius 2 is 1.76 bits per heavy atom. The van der Waals surface area contributed by atoms with E-state index in [-0.39, 0.29) is 12.2 Å². The minimum absolute atomic E-state index is 0.128. The number of carbonyl (C=O) groups is 1. The van der Waals surface area contributed by atoms with Crippen LogP contribution in [0.5, 0.6) is 0 Å². The first-order valence-electron chi connectivity index (χ1n) is 12.4. The zero-order chi connectivity index (χ0) is 26.9. The van der Waals surface area contributed by atoms with E-state index in [0.717, 1.165) is 40.9 Å². The van der Waals surface area contributed by atoms with Gasteiger partial charge in [0.25, 0.3) is 0 Å². The summed E-state index contributed by atoms with van der Waals surface area (Å²) < 4.78 is 39.3. The number of nitrogens with one attached hydrogen (secondary N) is 1. The number of benzene rings is 3. The fraction of sp³-hybridized carbons (Fsp3) is 0.194. The van der Waals surface area contributed by atoms with Crippen LogP contribution in [0.25, 0.3) is 17.5 Å². The van der Waals surface area contributed by atoms with E-state index >= 15 is 0 Å². The van der Waals surface area contributed by atoms with Gasteiger partial charge < -0.3 is 5.32 Å². The molecule has 0 atom stereocenters. The molecule has 0 saturated carbocycles. The fourth-order valence-electron chi connectivity index (χ4n) is 4.45. The van der Waals surface area contributed by atoms with Gasteiger partial charge in [-0.3, -0.25) is 4.79 Å². The highest BCUT2D eigenvalue weighted by Crippen LogP contribution is 2.32. The number of halogens is 3. The SMILES string of the molecule is CCc1ccc(-c2nc3c(c(Nc4cc(C(=O)Cc5cccc(C(F)(F)F)c5)ccc4C)n2)CC=C3)cc1. The third-order valence-electron chi connectivity index (χ3n) is 6.69. The van der Waals surface area contributed by atoms with Gasteiger partial charge in [-0.1, -0.05) is 67.6 Å². The van der Waals surface area contributed by atoms with Crippen LogP contribution in [0, 0.1) is 6.92 Å². The second-order valence-corrected chi connectivity index (χ2v) is 9.37. The highest BCUT2D eigenvalue weighted by atomic mass is 19.4. The standard InChI is InChI=1S/C31H26F3N3O/c1-3-20-11-14-22(15-12-20)29-35-26-9-5-8-25(26)30(37-29)36-27-18-23(13-10-19(27)2)28(38)17-21-6-4-7-24(16-21)31(32,33)34/h4-7,9-16,18H,3,8,17H2,1-2H3,(H,35,36,37). The molecular weight excluding hydrogens is 487 g/mol. The molecule has 38 heavy (non-hydrogen) atoms. The molecule has 0 unspecified atom stereocenters. The first kappa shape index (κ1) is 25.4. The Labute approximate surface area is 219 Å². The molecule has 0 radical (unpaired) electrons. The summed E-state index contributed by atoms with van der Waals surface area (Å²) in [6.07, 6.45) is 1.08. The molecule has 192 valence electrons. The lowest BCUT2D eigenvalue weighted by atomic mass is 9.99. The van der Waals surface area contributed by atoms with Crippen LogP contribution in [0.3, 0.4) is 0 Å². The second kappa shape index (κ2) is 10.2. The van der Waals surface area contributed by atoms with Gasteiger partial charge in [-0.2, -0.15) is 13.2 Å². The van der Waals surface area contributed by atoms with Crippen LogP contribution in [0.4, 0.5) is 24.7 Å². The normalized spacial score (nSPS) is 12.4. The number of carbonyl (C=O) groups excluding carboxylic acids is 1. The van der Waals surface area contributed by atoms with Gasteiger partial charge in [0.2, 0.25) is 0 Å². The molecule has 1 aliphatic carbocycles. The molecule has 0 amide bonds. The van der Waals surface area contributed by atoms with Crippen molar-refractivity contribution >= 4 is 23.4 Å². The van der Waals surface area contributed by atoms with Crippen molar-refractivity contribution in [3.05, 3.63) is 112 Å². The van der Waals surface area contributed by atoms with Crippen LogP contribution in [0.2, 0.25) is 0 Å². The number of alkyl halides is 3. The summed E-state index contributed by atoms with van der Waals surface area (Å²) in [5.74, 6) is 1.01. The number of anilines is 2. The Hall–Kier alpha value is -4.26. The minimum Gasteiger partial charge on any atom is -0.340 e. The summed E-state index contributed by atoms with van der Waals surface area (Å²) in [5, 5.41) is 3.40. The van der Waals surface area contributed by atoms with Gasteiger partial charge in [-0.25, -0.2) is 9.97 Å². The largest absolute Gasteiger partial charge is 0.416 e. The lowest BCUT2D eigenvalue weighted by Crippen LogP contribution is -2.09. The molecule has 5 rings (SSSR count). The zero-order valence-corrected chi connectivity index (χ0v) is 21.1. The van der Waals surface area contributed by atoms with Crippen molar-refractivity contribution in [3.8, 4) is 11.4 Å². The van der Waals surface area contributed by atoms with E-state index in [1.807, 2.05) is 37.3 Å². The second-order valence-electron chi connectivity index (χ2n) is 9.37. The Morgan fingerprint density at radius 3 is 2.50 bits per heavy atom. The Morgan fingerprint density at radius 1 is 0.974 bits per heavy atom. The van der Waals surface area contributed by atoms with Crippen LogP contribution in [0.1, 0.15) is 50.8 Å². The van der Waals surface area contributed by atoms with Crippen molar-refractivity contribution < 1.29 is 18.0 Å². The predicted molar refractivity (Wildman–Crippen MR) is 144 cm³/mol. The van der Waals surface area contributed by atoms with Crippen LogP contribution >= 0.6 is 0 Å². The maximum absolute atomic E-state index is 13.1. The van der Waals surface area contributed by atoms with Crippen molar-refractivity contribution in [1.29, 1.82) is 0 Å². The number of hydrogen-bond acceptors (Lipinski definition) is 4. The molecule has 1 heterocycles. The lowest BCUT2D eigenvalue weighted by Gasteiger charge is -2.15. The third kappa shape index (κ3) is 5.37. The Bertz CT molecular complexity index is 1540. The zero-order valence-electron chi connectivity index (χ0n) is 21.1. The van der Waals surface area contributed by atoms with Crippen molar-refractivity contribution in [3.63, 3.8) is 0 Å². The molecule has 0 aliphatic heterocycles. The first-order chi connectivity index (χ1) is 18.2. The number of aryl methyl sites for hydroxylation is 2. The van der Waals surface area contributed by atoms with E-state index in [1.165, 1.54) is 17.7 Å². The molecule has 0 bridgehead atoms. The predicted octanol–water partition coefficient (Wildman–Crippen LogP) is 7.77. The molecule has 1 aromatic heterocycles. The van der Waals surface area contributed by atoms with Crippen LogP contribution in [0.15, 0.2) is 72.8 Å². The molecule has 3 aromatic carbocycles. The highest BCUT2D eigenvalue weighted by molar-refractivity contribution is 5.98. The summed E-state index contributed by atoms with van der Waals surface area (Å²) >= 11 is 0. The number of allylic oxidation sites excluding steroid dienone is 1. The molecule has 1 N–H and O–H groups in total. The van der Waals surface area contributed by atoms with E-state index in [1.54, 1.807) is 12.1 Å². The number of hydrogen-bond donors (Lipinski definition) is 1. The van der Waals surface area contributed by atoms with Crippen molar-refractivity contribution in [1.82, 2.24) is 9.97 Å². The Balaban J connectivity index is 1.43. The summed E-state index contributed by atoms with van der Waals surface area (Å²) in [6.45, 7) is 4.03. The number of nitrogens with zero attached hydrogens (tertiary/aromatic N) is 2. The van der Waals surface area contributed by atoms with E-state index in [0.29, 0.717) is 34.9 Å². The number of Topliss-reactive ketones (excluding diaryl/α,β-unsaturated/α-hetero) is 1. The van der Waals surface area contributed by atoms with Crippen LogP contribution < -0.4 is 5.32 Å². The smallest absolute Gasteiger partial charge is 0.340 e. The quantitative estimate of drug-likeness (QED) is 0.257. The summed E-state index contributed by atoms with van der Waals surface area (Å²) in [7, 11) is 0. The average molecular weight is 514 g/mol. The van der Waals surface area contributed by atoms with E-state index in [4.69, 9.17) is 9.97 Å². The van der Waals surface area contributed by atoms with Crippen molar-refractivity contribution in [2.45, 2.75) is 39.3 Å². The topological polar surface area (TPSA) is 54.9 Å². The molecular formula is C31H26F3N3O. The Kier molecular flexibility index (Phi) is 6.85. The van der Waals surface area contributed by atoms with Gasteiger partial charge in [0.1, 0.15) is 5.82 Å². The molecule has 0 saturated heterocycles. The molecule has 4 nitrogen and oxygen atoms in total. The van der Waals surface area contributed by atoms with Gasteiger partial charge in [-0.05, 0) is 54.7 Å². The van der Waals surface area contributed by atoms with E-state index in [2.05, 4.69) is 24.4 Å². The summed E-state index contributed by atoms with van der Waals surface area (Å²) in [4.78, 5) is 22.6. The summed E-state index contributed by atoms with van der Waals surface area (Å²) in [6, 6.07) is 18.3. The highest BCUT2D eigenvalue weighted by Gasteiger charge is 2.30. The molecule has 4 aromatic rings. The minimum atomic E-state index is -4.45. The fourth-order valence-corrected chi connectivity index (χ4v) is 4.45. The first-order valence-corrected chi connectivity index (χ1v) is 12.4. The van der Waals surface area contributed by atoms with Gasteiger partial charge >= 0.3 is 6.18 Å². The molecule has 0 spiro atoms. The van der Waals surface area contributed by atoms with Crippen molar-refractivity contribution in [2.75, 3.05) is 5.32 Å². The number of aromatic nitrogens is 2. The average Bonchev–Trinajstić information content (AvgIpc) is 3.39. The van der Waals surface area contributed by atoms with E-state index < -0.39 is 11.7 Å². The van der Waals surface area contributed by atoms with E-state index in [9.17, 15) is 18.0 Å². The van der Waals surface area contributed by atoms with Crippen LogP contribution in [-0.2, 0) is 25.4 Å². The number of fused-ring (bicyclic) bond motifs is 1. The maximum atomic E-state index is 13.1. The molecule has 0 fully saturated rings. The molecule has 7 heteroatoms.